The fourth-order valence-corrected chi connectivity index (χ4v) is 3.36. The molecule has 1 unspecified atom stereocenters. The molecule has 0 aromatic rings. The molecule has 1 amide bonds. The molecular weight excluding hydrogens is 309 g/mol. The van der Waals surface area contributed by atoms with E-state index in [4.69, 9.17) is 7.85 Å². The Morgan fingerprint density at radius 2 is 2.20 bits per heavy atom. The summed E-state index contributed by atoms with van der Waals surface area (Å²) in [7, 11) is 7.72. The van der Waals surface area contributed by atoms with E-state index < -0.39 is 0 Å². The van der Waals surface area contributed by atoms with Crippen LogP contribution in [0.2, 0.25) is 0 Å². The molecule has 0 aliphatic carbocycles. The monoisotopic (exact) mass is 339 g/mol. The number of aliphatic imine (C=N–C) groups is 1. The molecule has 2 heterocycles. The average Bonchev–Trinajstić information content (AvgIpc) is 2.79. The van der Waals surface area contributed by atoms with Crippen LogP contribution in [-0.4, -0.2) is 48.9 Å². The molecule has 0 spiro atoms. The van der Waals surface area contributed by atoms with Gasteiger partial charge in [0, 0.05) is 25.3 Å². The van der Waals surface area contributed by atoms with Crippen molar-refractivity contribution in [1.82, 2.24) is 9.80 Å². The fraction of sp³-hybridized carbons (Fsp3) is 0.600. The maximum Gasteiger partial charge on any atom is 0.272 e. The molecule has 2 rings (SSSR count). The van der Waals surface area contributed by atoms with E-state index in [1.807, 2.05) is 22.9 Å². The van der Waals surface area contributed by atoms with Gasteiger partial charge in [-0.25, -0.2) is 4.99 Å². The van der Waals surface area contributed by atoms with Crippen LogP contribution in [0.1, 0.15) is 58.8 Å². The third-order valence-corrected chi connectivity index (χ3v) is 4.95. The summed E-state index contributed by atoms with van der Waals surface area (Å²) < 4.78 is 0. The van der Waals surface area contributed by atoms with Gasteiger partial charge in [0.1, 0.15) is 19.4 Å². The molecule has 1 fully saturated rings. The third-order valence-electron chi connectivity index (χ3n) is 4.95. The molecule has 0 N–H and O–H groups in total. The number of hydrogen-bond acceptors (Lipinski definition) is 3. The minimum atomic E-state index is 0.0324. The zero-order valence-corrected chi connectivity index (χ0v) is 15.9. The van der Waals surface area contributed by atoms with Gasteiger partial charge in [-0.1, -0.05) is 26.2 Å². The van der Waals surface area contributed by atoms with Gasteiger partial charge in [0.25, 0.3) is 5.91 Å². The Bertz CT molecular complexity index is 606. The summed E-state index contributed by atoms with van der Waals surface area (Å²) in [5.74, 6) is 0.719. The Morgan fingerprint density at radius 1 is 1.44 bits per heavy atom. The highest BCUT2D eigenvalue weighted by Gasteiger charge is 2.28. The number of hydrogen-bond donors (Lipinski definition) is 0. The molecule has 2 aliphatic rings. The highest BCUT2D eigenvalue weighted by atomic mass is 16.2. The van der Waals surface area contributed by atoms with Gasteiger partial charge in [0.05, 0.1) is 0 Å². The van der Waals surface area contributed by atoms with E-state index in [0.717, 1.165) is 44.3 Å². The molecule has 0 aromatic heterocycles. The maximum absolute atomic E-state index is 13.1. The second kappa shape index (κ2) is 9.07. The molecule has 0 aromatic carbocycles. The van der Waals surface area contributed by atoms with Gasteiger partial charge in [0.2, 0.25) is 0 Å². The SMILES string of the molecule is [B]C(=C)/C=C1/N=C(C(=O)N2CCCCCC2C)C=C(CCCC)N1C. The lowest BCUT2D eigenvalue weighted by molar-refractivity contribution is -0.125. The van der Waals surface area contributed by atoms with Gasteiger partial charge in [-0.2, -0.15) is 0 Å². The van der Waals surface area contributed by atoms with Gasteiger partial charge in [-0.3, -0.25) is 4.79 Å². The highest BCUT2D eigenvalue weighted by molar-refractivity contribution is 6.43. The summed E-state index contributed by atoms with van der Waals surface area (Å²) in [6, 6.07) is 0.266. The number of carbonyl (C=O) groups excluding carboxylic acids is 1. The number of carbonyl (C=O) groups is 1. The number of amides is 1. The summed E-state index contributed by atoms with van der Waals surface area (Å²) in [5.41, 5.74) is 2.07. The molecule has 25 heavy (non-hydrogen) atoms. The van der Waals surface area contributed by atoms with Crippen LogP contribution in [-0.2, 0) is 4.79 Å². The maximum atomic E-state index is 13.1. The molecular formula is C20H30BN3O. The quantitative estimate of drug-likeness (QED) is 0.715. The molecule has 134 valence electrons. The number of rotatable bonds is 5. The van der Waals surface area contributed by atoms with E-state index in [-0.39, 0.29) is 11.9 Å². The van der Waals surface area contributed by atoms with Crippen LogP contribution in [0.4, 0.5) is 0 Å². The largest absolute Gasteiger partial charge is 0.335 e. The summed E-state index contributed by atoms with van der Waals surface area (Å²) in [4.78, 5) is 21.7. The van der Waals surface area contributed by atoms with Gasteiger partial charge in [0.15, 0.2) is 0 Å². The van der Waals surface area contributed by atoms with Crippen LogP contribution in [0, 0.1) is 0 Å². The number of allylic oxidation sites excluding steroid dienone is 3. The first-order valence-electron chi connectivity index (χ1n) is 9.44. The second-order valence-corrected chi connectivity index (χ2v) is 7.07. The zero-order valence-electron chi connectivity index (χ0n) is 15.9. The Kier molecular flexibility index (Phi) is 7.09. The second-order valence-electron chi connectivity index (χ2n) is 7.07. The average molecular weight is 339 g/mol. The van der Waals surface area contributed by atoms with Crippen LogP contribution < -0.4 is 0 Å². The van der Waals surface area contributed by atoms with E-state index in [0.29, 0.717) is 17.0 Å². The summed E-state index contributed by atoms with van der Waals surface area (Å²) in [6.07, 6.45) is 11.3. The van der Waals surface area contributed by atoms with Crippen molar-refractivity contribution in [1.29, 1.82) is 0 Å². The summed E-state index contributed by atoms with van der Waals surface area (Å²) in [5, 5.41) is 0. The van der Waals surface area contributed by atoms with Crippen LogP contribution in [0.15, 0.2) is 40.7 Å². The molecule has 0 saturated carbocycles. The Balaban J connectivity index is 2.32. The van der Waals surface area contributed by atoms with Crippen LogP contribution in [0.25, 0.3) is 0 Å². The molecule has 1 atom stereocenters. The van der Waals surface area contributed by atoms with Gasteiger partial charge in [-0.15, -0.1) is 12.1 Å². The van der Waals surface area contributed by atoms with E-state index in [1.165, 1.54) is 12.8 Å². The minimum Gasteiger partial charge on any atom is -0.335 e. The first-order valence-corrected chi connectivity index (χ1v) is 9.44. The Labute approximate surface area is 153 Å². The number of unbranched alkanes of at least 4 members (excludes halogenated alkanes) is 1. The topological polar surface area (TPSA) is 35.9 Å². The predicted molar refractivity (Wildman–Crippen MR) is 105 cm³/mol. The van der Waals surface area contributed by atoms with Crippen molar-refractivity contribution in [3.63, 3.8) is 0 Å². The molecule has 0 bridgehead atoms. The van der Waals surface area contributed by atoms with E-state index in [1.54, 1.807) is 6.08 Å². The smallest absolute Gasteiger partial charge is 0.272 e. The van der Waals surface area contributed by atoms with Crippen molar-refractivity contribution < 1.29 is 4.79 Å². The van der Waals surface area contributed by atoms with E-state index in [2.05, 4.69) is 25.4 Å². The lowest BCUT2D eigenvalue weighted by Gasteiger charge is -2.31. The number of likely N-dealkylation sites (tertiary alicyclic amines) is 1. The van der Waals surface area contributed by atoms with Crippen LogP contribution in [0.5, 0.6) is 0 Å². The fourth-order valence-electron chi connectivity index (χ4n) is 3.36. The van der Waals surface area contributed by atoms with E-state index in [9.17, 15) is 4.79 Å². The normalized spacial score (nSPS) is 23.2. The minimum absolute atomic E-state index is 0.0324. The molecule has 1 saturated heterocycles. The first kappa shape index (κ1) is 19.5. The van der Waals surface area contributed by atoms with Gasteiger partial charge in [-0.05, 0) is 44.8 Å². The van der Waals surface area contributed by atoms with Crippen molar-refractivity contribution in [2.75, 3.05) is 13.6 Å². The van der Waals surface area contributed by atoms with Crippen molar-refractivity contribution in [2.45, 2.75) is 64.8 Å². The van der Waals surface area contributed by atoms with Crippen molar-refractivity contribution >= 4 is 19.5 Å². The number of nitrogens with zero attached hydrogens (tertiary/aromatic N) is 3. The molecule has 2 aliphatic heterocycles. The summed E-state index contributed by atoms with van der Waals surface area (Å²) >= 11 is 0. The molecule has 2 radical (unpaired) electrons. The lowest BCUT2D eigenvalue weighted by Crippen LogP contribution is -2.43. The van der Waals surface area contributed by atoms with Crippen molar-refractivity contribution in [2.24, 2.45) is 4.99 Å². The van der Waals surface area contributed by atoms with Crippen LogP contribution in [0.3, 0.4) is 0 Å². The lowest BCUT2D eigenvalue weighted by atomic mass is 9.97. The van der Waals surface area contributed by atoms with E-state index >= 15 is 0 Å². The Morgan fingerprint density at radius 3 is 2.88 bits per heavy atom. The summed E-state index contributed by atoms with van der Waals surface area (Å²) in [6.45, 7) is 8.87. The Hall–Kier alpha value is -1.78. The zero-order chi connectivity index (χ0) is 18.4. The first-order chi connectivity index (χ1) is 11.9. The third kappa shape index (κ3) is 5.10. The highest BCUT2D eigenvalue weighted by Crippen LogP contribution is 2.24. The standard InChI is InChI=1S/C20H30BN3O/c1-5-6-11-17-14-18(22-19(23(17)4)13-15(2)21)20(25)24-12-9-7-8-10-16(24)3/h13-14,16H,2,5-12H2,1,3-4H3/b19-13-. The predicted octanol–water partition coefficient (Wildman–Crippen LogP) is 3.76. The van der Waals surface area contributed by atoms with Gasteiger partial charge < -0.3 is 9.80 Å². The van der Waals surface area contributed by atoms with Gasteiger partial charge >= 0.3 is 0 Å². The van der Waals surface area contributed by atoms with Crippen molar-refractivity contribution in [3.8, 4) is 0 Å². The molecule has 4 nitrogen and oxygen atoms in total. The van der Waals surface area contributed by atoms with Crippen LogP contribution >= 0.6 is 0 Å². The van der Waals surface area contributed by atoms with Crippen molar-refractivity contribution in [3.05, 3.63) is 35.7 Å². The molecule has 5 heteroatoms.